The lowest BCUT2D eigenvalue weighted by Gasteiger charge is -2.37. The summed E-state index contributed by atoms with van der Waals surface area (Å²) in [4.78, 5) is 21.2. The van der Waals surface area contributed by atoms with Gasteiger partial charge in [0.05, 0.1) is 6.04 Å². The van der Waals surface area contributed by atoms with Gasteiger partial charge < -0.3 is 24.7 Å². The lowest BCUT2D eigenvalue weighted by Crippen LogP contribution is -2.55. The molecular weight excluding hydrogens is 320 g/mol. The first-order valence-corrected chi connectivity index (χ1v) is 8.95. The summed E-state index contributed by atoms with van der Waals surface area (Å²) in [5, 5.41) is 0. The number of hydrogen-bond donors (Lipinski definition) is 1. The Hall–Kier alpha value is -2.12. The van der Waals surface area contributed by atoms with Crippen molar-refractivity contribution in [1.82, 2.24) is 9.88 Å². The Morgan fingerprint density at radius 1 is 1.16 bits per heavy atom. The van der Waals surface area contributed by atoms with Crippen molar-refractivity contribution in [2.45, 2.75) is 18.9 Å². The molecule has 1 aromatic carbocycles. The van der Waals surface area contributed by atoms with E-state index in [9.17, 15) is 4.79 Å². The summed E-state index contributed by atoms with van der Waals surface area (Å²) in [7, 11) is 0. The summed E-state index contributed by atoms with van der Waals surface area (Å²) in [5.41, 5.74) is 7.88. The number of fused-ring (bicyclic) bond motifs is 1. The number of benzene rings is 1. The Morgan fingerprint density at radius 3 is 2.60 bits per heavy atom. The first-order valence-electron chi connectivity index (χ1n) is 8.95. The maximum absolute atomic E-state index is 12.7. The Bertz CT molecular complexity index is 700. The van der Waals surface area contributed by atoms with Crippen LogP contribution >= 0.6 is 0 Å². The van der Waals surface area contributed by atoms with Crippen molar-refractivity contribution in [2.75, 3.05) is 44.3 Å². The number of carbonyl (C=O) groups is 1. The molecule has 1 unspecified atom stereocenters. The van der Waals surface area contributed by atoms with Crippen LogP contribution in [0.5, 0.6) is 0 Å². The molecule has 1 atom stereocenters. The second-order valence-corrected chi connectivity index (χ2v) is 6.75. The quantitative estimate of drug-likeness (QED) is 0.901. The molecule has 0 saturated carbocycles. The fourth-order valence-corrected chi connectivity index (χ4v) is 3.60. The van der Waals surface area contributed by atoms with Crippen molar-refractivity contribution in [1.29, 1.82) is 0 Å². The van der Waals surface area contributed by atoms with Gasteiger partial charge in [-0.05, 0) is 30.9 Å². The van der Waals surface area contributed by atoms with Crippen LogP contribution in [0.1, 0.15) is 12.8 Å². The predicted molar refractivity (Wildman–Crippen MR) is 94.3 cm³/mol. The van der Waals surface area contributed by atoms with Gasteiger partial charge in [0.15, 0.2) is 5.58 Å². The van der Waals surface area contributed by atoms with E-state index in [-0.39, 0.29) is 11.8 Å². The Balaban J connectivity index is 1.36. The number of nitrogens with two attached hydrogens (primary N) is 1. The predicted octanol–water partition coefficient (Wildman–Crippen LogP) is 1.23. The van der Waals surface area contributed by atoms with Gasteiger partial charge in [0, 0.05) is 39.4 Å². The third kappa shape index (κ3) is 3.34. The Morgan fingerprint density at radius 2 is 1.88 bits per heavy atom. The molecule has 4 rings (SSSR count). The van der Waals surface area contributed by atoms with Gasteiger partial charge in [-0.15, -0.1) is 0 Å². The van der Waals surface area contributed by atoms with Crippen LogP contribution < -0.4 is 10.6 Å². The number of nitrogens with zero attached hydrogens (tertiary/aromatic N) is 3. The molecule has 2 saturated heterocycles. The van der Waals surface area contributed by atoms with E-state index in [2.05, 4.69) is 9.88 Å². The molecule has 3 heterocycles. The molecule has 2 aliphatic rings. The molecule has 1 amide bonds. The summed E-state index contributed by atoms with van der Waals surface area (Å²) in [6, 6.07) is 7.95. The largest absolute Gasteiger partial charge is 0.423 e. The average Bonchev–Trinajstić information content (AvgIpc) is 3.12. The molecule has 0 bridgehead atoms. The monoisotopic (exact) mass is 344 g/mol. The summed E-state index contributed by atoms with van der Waals surface area (Å²) in [6.07, 6.45) is 1.74. The highest BCUT2D eigenvalue weighted by Crippen LogP contribution is 2.23. The number of amides is 1. The lowest BCUT2D eigenvalue weighted by atomic mass is 9.91. The second kappa shape index (κ2) is 7.01. The van der Waals surface area contributed by atoms with Crippen LogP contribution in [0.3, 0.4) is 0 Å². The van der Waals surface area contributed by atoms with Gasteiger partial charge in [-0.1, -0.05) is 12.1 Å². The molecule has 2 aliphatic heterocycles. The Labute approximate surface area is 146 Å². The Kier molecular flexibility index (Phi) is 4.59. The van der Waals surface area contributed by atoms with E-state index in [1.165, 1.54) is 0 Å². The normalized spacial score (nSPS) is 20.8. The molecule has 134 valence electrons. The molecule has 1 aromatic heterocycles. The minimum Gasteiger partial charge on any atom is -0.423 e. The van der Waals surface area contributed by atoms with Crippen molar-refractivity contribution in [3.05, 3.63) is 24.3 Å². The van der Waals surface area contributed by atoms with Gasteiger partial charge in [-0.25, -0.2) is 0 Å². The maximum atomic E-state index is 12.7. The number of ether oxygens (including phenoxy) is 1. The van der Waals surface area contributed by atoms with Crippen molar-refractivity contribution in [3.63, 3.8) is 0 Å². The molecule has 2 fully saturated rings. The zero-order valence-corrected chi connectivity index (χ0v) is 14.3. The second-order valence-electron chi connectivity index (χ2n) is 6.75. The molecule has 0 spiro atoms. The van der Waals surface area contributed by atoms with E-state index >= 15 is 0 Å². The number of para-hydroxylation sites is 2. The molecule has 0 aliphatic carbocycles. The minimum atomic E-state index is -0.417. The lowest BCUT2D eigenvalue weighted by molar-refractivity contribution is -0.135. The van der Waals surface area contributed by atoms with E-state index in [4.69, 9.17) is 14.9 Å². The van der Waals surface area contributed by atoms with E-state index in [0.717, 1.165) is 23.9 Å². The number of carbonyl (C=O) groups excluding carboxylic acids is 1. The van der Waals surface area contributed by atoms with E-state index < -0.39 is 6.04 Å². The highest BCUT2D eigenvalue weighted by molar-refractivity contribution is 5.82. The SMILES string of the molecule is NC(C(=O)N1CCN(c2nc3ccccc3o2)CC1)C1CCOCC1. The fourth-order valence-electron chi connectivity index (χ4n) is 3.60. The van der Waals surface area contributed by atoms with Gasteiger partial charge >= 0.3 is 0 Å². The zero-order chi connectivity index (χ0) is 17.2. The average molecular weight is 344 g/mol. The molecule has 7 heteroatoms. The van der Waals surface area contributed by atoms with E-state index in [0.29, 0.717) is 45.4 Å². The topological polar surface area (TPSA) is 84.8 Å². The van der Waals surface area contributed by atoms with Gasteiger partial charge in [-0.3, -0.25) is 4.79 Å². The highest BCUT2D eigenvalue weighted by atomic mass is 16.5. The van der Waals surface area contributed by atoms with Gasteiger partial charge in [0.25, 0.3) is 6.01 Å². The number of rotatable bonds is 3. The molecule has 2 N–H and O–H groups in total. The summed E-state index contributed by atoms with van der Waals surface area (Å²) < 4.78 is 11.2. The third-order valence-corrected chi connectivity index (χ3v) is 5.20. The highest BCUT2D eigenvalue weighted by Gasteiger charge is 2.32. The smallest absolute Gasteiger partial charge is 0.298 e. The molecule has 0 radical (unpaired) electrons. The van der Waals surface area contributed by atoms with Crippen LogP contribution in [-0.4, -0.2) is 61.2 Å². The van der Waals surface area contributed by atoms with Crippen LogP contribution in [0.4, 0.5) is 6.01 Å². The first-order chi connectivity index (χ1) is 12.2. The summed E-state index contributed by atoms with van der Waals surface area (Å²) in [6.45, 7) is 4.12. The number of hydrogen-bond acceptors (Lipinski definition) is 6. The number of oxazole rings is 1. The van der Waals surface area contributed by atoms with Crippen LogP contribution in [0.15, 0.2) is 28.7 Å². The van der Waals surface area contributed by atoms with Crippen LogP contribution in [0.25, 0.3) is 11.1 Å². The molecule has 7 nitrogen and oxygen atoms in total. The molecule has 2 aromatic rings. The van der Waals surface area contributed by atoms with E-state index in [1.54, 1.807) is 0 Å². The number of aromatic nitrogens is 1. The molecule has 25 heavy (non-hydrogen) atoms. The number of piperazine rings is 1. The fraction of sp³-hybridized carbons (Fsp3) is 0.556. The van der Waals surface area contributed by atoms with Crippen LogP contribution in [0.2, 0.25) is 0 Å². The molecular formula is C18H24N4O3. The van der Waals surface area contributed by atoms with Crippen molar-refractivity contribution >= 4 is 23.0 Å². The van der Waals surface area contributed by atoms with Crippen LogP contribution in [-0.2, 0) is 9.53 Å². The van der Waals surface area contributed by atoms with Gasteiger partial charge in [0.2, 0.25) is 5.91 Å². The summed E-state index contributed by atoms with van der Waals surface area (Å²) >= 11 is 0. The summed E-state index contributed by atoms with van der Waals surface area (Å²) in [5.74, 6) is 0.292. The first kappa shape index (κ1) is 16.4. The van der Waals surface area contributed by atoms with Gasteiger partial charge in [0.1, 0.15) is 5.52 Å². The van der Waals surface area contributed by atoms with Gasteiger partial charge in [-0.2, -0.15) is 4.98 Å². The van der Waals surface area contributed by atoms with Crippen molar-refractivity contribution in [3.8, 4) is 0 Å². The minimum absolute atomic E-state index is 0.0594. The van der Waals surface area contributed by atoms with Crippen molar-refractivity contribution in [2.24, 2.45) is 11.7 Å². The van der Waals surface area contributed by atoms with Crippen molar-refractivity contribution < 1.29 is 13.9 Å². The zero-order valence-electron chi connectivity index (χ0n) is 14.3. The standard InChI is InChI=1S/C18H24N4O3/c19-16(13-5-11-24-12-6-13)17(23)21-7-9-22(10-8-21)18-20-14-3-1-2-4-15(14)25-18/h1-4,13,16H,5-12,19H2. The maximum Gasteiger partial charge on any atom is 0.298 e. The van der Waals surface area contributed by atoms with E-state index in [1.807, 2.05) is 29.2 Å². The number of anilines is 1. The van der Waals surface area contributed by atoms with Crippen LogP contribution in [0, 0.1) is 5.92 Å². The third-order valence-electron chi connectivity index (χ3n) is 5.20.